The van der Waals surface area contributed by atoms with Crippen LogP contribution in [-0.2, 0) is 9.31 Å². The van der Waals surface area contributed by atoms with Crippen LogP contribution < -0.4 is 5.46 Å². The maximum atomic E-state index is 11.1. The minimum absolute atomic E-state index is 0.00660. The maximum Gasteiger partial charge on any atom is 0.503 e. The monoisotopic (exact) mass is 327 g/mol. The second-order valence-corrected chi connectivity index (χ2v) is 6.37. The van der Waals surface area contributed by atoms with Gasteiger partial charge in [0.05, 0.1) is 21.6 Å². The summed E-state index contributed by atoms with van der Waals surface area (Å²) in [5.41, 5.74) is -0.638. The Morgan fingerprint density at radius 3 is 2.21 bits per heavy atom. The van der Waals surface area contributed by atoms with E-state index >= 15 is 0 Å². The number of nitro benzene ring substituents is 1. The predicted molar refractivity (Wildman–Crippen MR) is 76.5 cm³/mol. The molecule has 1 heterocycles. The Bertz CT molecular complexity index is 516. The van der Waals surface area contributed by atoms with Crippen LogP contribution in [-0.4, -0.2) is 23.2 Å². The van der Waals surface area contributed by atoms with E-state index in [1.54, 1.807) is 12.1 Å². The van der Waals surface area contributed by atoms with Crippen LogP contribution in [0.1, 0.15) is 27.7 Å². The third-order valence-corrected chi connectivity index (χ3v) is 4.41. The van der Waals surface area contributed by atoms with Gasteiger partial charge in [-0.1, -0.05) is 22.0 Å². The van der Waals surface area contributed by atoms with Gasteiger partial charge in [0, 0.05) is 10.5 Å². The van der Waals surface area contributed by atoms with E-state index in [0.29, 0.717) is 9.94 Å². The summed E-state index contributed by atoms with van der Waals surface area (Å²) in [5, 5.41) is 11.1. The molecule has 0 unspecified atom stereocenters. The van der Waals surface area contributed by atoms with Crippen molar-refractivity contribution in [1.29, 1.82) is 0 Å². The highest BCUT2D eigenvalue weighted by atomic mass is 79.9. The largest absolute Gasteiger partial charge is 0.503 e. The zero-order valence-corrected chi connectivity index (χ0v) is 12.9. The maximum absolute atomic E-state index is 11.1. The van der Waals surface area contributed by atoms with E-state index in [1.165, 1.54) is 6.07 Å². The molecule has 0 N–H and O–H groups in total. The lowest BCUT2D eigenvalue weighted by Crippen LogP contribution is -2.41. The number of hydrogen-bond acceptors (Lipinski definition) is 4. The van der Waals surface area contributed by atoms with Crippen LogP contribution in [0.2, 0.25) is 0 Å². The molecule has 0 amide bonds. The molecule has 7 heteroatoms. The normalized spacial score (nSPS) is 20.6. The summed E-state index contributed by atoms with van der Waals surface area (Å²) in [6, 6.07) is 4.81. The number of halogens is 1. The van der Waals surface area contributed by atoms with E-state index in [-0.39, 0.29) is 5.69 Å². The zero-order chi connectivity index (χ0) is 14.4. The standard InChI is InChI=1S/C12H15BBrNO4/c1-11(2)12(3,4)19-13(18-11)10-8(14)6-5-7-9(10)15(16)17/h5-7H,1-4H3. The lowest BCUT2D eigenvalue weighted by Gasteiger charge is -2.32. The van der Waals surface area contributed by atoms with Gasteiger partial charge in [0.2, 0.25) is 0 Å². The van der Waals surface area contributed by atoms with Crippen LogP contribution in [0.25, 0.3) is 0 Å². The fourth-order valence-electron chi connectivity index (χ4n) is 1.88. The van der Waals surface area contributed by atoms with Crippen LogP contribution in [0.5, 0.6) is 0 Å². The summed E-state index contributed by atoms with van der Waals surface area (Å²) in [6.45, 7) is 7.65. The molecule has 0 aliphatic carbocycles. The highest BCUT2D eigenvalue weighted by Gasteiger charge is 2.53. The Kier molecular flexibility index (Phi) is 3.49. The lowest BCUT2D eigenvalue weighted by molar-refractivity contribution is -0.383. The zero-order valence-electron chi connectivity index (χ0n) is 11.3. The fourth-order valence-corrected chi connectivity index (χ4v) is 2.42. The molecule has 0 saturated carbocycles. The Morgan fingerprint density at radius 2 is 1.74 bits per heavy atom. The molecule has 5 nitrogen and oxygen atoms in total. The van der Waals surface area contributed by atoms with Crippen molar-refractivity contribution in [3.05, 3.63) is 32.8 Å². The molecule has 0 spiro atoms. The van der Waals surface area contributed by atoms with Gasteiger partial charge in [-0.25, -0.2) is 0 Å². The molecule has 1 aromatic rings. The van der Waals surface area contributed by atoms with Gasteiger partial charge in [-0.05, 0) is 33.8 Å². The molecule has 1 fully saturated rings. The molecule has 102 valence electrons. The average molecular weight is 328 g/mol. The Labute approximate surface area is 120 Å². The van der Waals surface area contributed by atoms with Gasteiger partial charge in [0.15, 0.2) is 0 Å². The summed E-state index contributed by atoms with van der Waals surface area (Å²) in [6.07, 6.45) is 0. The van der Waals surface area contributed by atoms with E-state index in [1.807, 2.05) is 27.7 Å². The molecule has 1 aromatic carbocycles. The SMILES string of the molecule is CC1(C)OB(c2c(Br)cccc2[N+](=O)[O-])OC1(C)C. The Balaban J connectivity index is 2.48. The molecule has 1 aliphatic heterocycles. The molecular formula is C12H15BBrNO4. The van der Waals surface area contributed by atoms with E-state index < -0.39 is 23.2 Å². The molecule has 2 rings (SSSR count). The summed E-state index contributed by atoms with van der Waals surface area (Å²) >= 11 is 3.34. The van der Waals surface area contributed by atoms with Crippen LogP contribution in [0.4, 0.5) is 5.69 Å². The average Bonchev–Trinajstić information content (AvgIpc) is 2.47. The Morgan fingerprint density at radius 1 is 1.21 bits per heavy atom. The summed E-state index contributed by atoms with van der Waals surface area (Å²) in [7, 11) is -0.749. The highest BCUT2D eigenvalue weighted by Crippen LogP contribution is 2.37. The number of nitrogens with zero attached hydrogens (tertiary/aromatic N) is 1. The van der Waals surface area contributed by atoms with Gasteiger partial charge in [-0.3, -0.25) is 10.1 Å². The van der Waals surface area contributed by atoms with Gasteiger partial charge >= 0.3 is 7.12 Å². The van der Waals surface area contributed by atoms with Gasteiger partial charge in [0.1, 0.15) is 0 Å². The van der Waals surface area contributed by atoms with Crippen LogP contribution in [0.3, 0.4) is 0 Å². The highest BCUT2D eigenvalue weighted by molar-refractivity contribution is 9.10. The minimum Gasteiger partial charge on any atom is -0.399 e. The number of hydrogen-bond donors (Lipinski definition) is 0. The van der Waals surface area contributed by atoms with Crippen molar-refractivity contribution in [3.8, 4) is 0 Å². The summed E-state index contributed by atoms with van der Waals surface area (Å²) in [5.74, 6) is 0. The molecule has 0 radical (unpaired) electrons. The van der Waals surface area contributed by atoms with Crippen molar-refractivity contribution in [3.63, 3.8) is 0 Å². The lowest BCUT2D eigenvalue weighted by atomic mass is 9.78. The van der Waals surface area contributed by atoms with E-state index in [2.05, 4.69) is 15.9 Å². The van der Waals surface area contributed by atoms with Crippen molar-refractivity contribution in [2.24, 2.45) is 0 Å². The quantitative estimate of drug-likeness (QED) is 0.476. The van der Waals surface area contributed by atoms with Gasteiger partial charge in [0.25, 0.3) is 5.69 Å². The topological polar surface area (TPSA) is 61.6 Å². The molecule has 19 heavy (non-hydrogen) atoms. The number of rotatable bonds is 2. The molecule has 0 aromatic heterocycles. The van der Waals surface area contributed by atoms with Gasteiger partial charge in [-0.2, -0.15) is 0 Å². The molecular weight excluding hydrogens is 313 g/mol. The van der Waals surface area contributed by atoms with Crippen LogP contribution >= 0.6 is 15.9 Å². The first kappa shape index (κ1) is 14.5. The second-order valence-electron chi connectivity index (χ2n) is 5.52. The summed E-state index contributed by atoms with van der Waals surface area (Å²) in [4.78, 5) is 10.7. The number of benzene rings is 1. The summed E-state index contributed by atoms with van der Waals surface area (Å²) < 4.78 is 12.3. The van der Waals surface area contributed by atoms with Crippen molar-refractivity contribution < 1.29 is 14.2 Å². The molecule has 0 atom stereocenters. The third kappa shape index (κ3) is 2.42. The first-order valence-electron chi connectivity index (χ1n) is 5.94. The predicted octanol–water partition coefficient (Wildman–Crippen LogP) is 2.66. The molecule has 1 saturated heterocycles. The Hall–Kier alpha value is -0.915. The smallest absolute Gasteiger partial charge is 0.399 e. The van der Waals surface area contributed by atoms with E-state index in [0.717, 1.165) is 0 Å². The van der Waals surface area contributed by atoms with Crippen LogP contribution in [0, 0.1) is 10.1 Å². The first-order valence-corrected chi connectivity index (χ1v) is 6.73. The number of nitro groups is 1. The van der Waals surface area contributed by atoms with Gasteiger partial charge in [-0.15, -0.1) is 0 Å². The van der Waals surface area contributed by atoms with Crippen molar-refractivity contribution in [2.45, 2.75) is 38.9 Å². The van der Waals surface area contributed by atoms with Gasteiger partial charge < -0.3 is 9.31 Å². The third-order valence-electron chi connectivity index (χ3n) is 3.72. The first-order chi connectivity index (χ1) is 8.66. The minimum atomic E-state index is -0.749. The van der Waals surface area contributed by atoms with Crippen molar-refractivity contribution in [1.82, 2.24) is 0 Å². The van der Waals surface area contributed by atoms with Crippen LogP contribution in [0.15, 0.2) is 22.7 Å². The van der Waals surface area contributed by atoms with E-state index in [4.69, 9.17) is 9.31 Å². The fraction of sp³-hybridized carbons (Fsp3) is 0.500. The van der Waals surface area contributed by atoms with Crippen molar-refractivity contribution in [2.75, 3.05) is 0 Å². The molecule has 0 bridgehead atoms. The van der Waals surface area contributed by atoms with E-state index in [9.17, 15) is 10.1 Å². The van der Waals surface area contributed by atoms with Crippen molar-refractivity contribution >= 4 is 34.2 Å². The molecule has 1 aliphatic rings. The second kappa shape index (κ2) is 4.57.